The number of fused-ring (bicyclic) bond motifs is 4. The first-order chi connectivity index (χ1) is 14.1. The standard InChI is InChI=1S/C22H26N4O3/c1-3-14-11-16(29-24-14)13-25(2)20(27)18-12-15-7-6-10-26(15)22(18)17-8-4-5-9-19(17)23-21(22)28/h4-5,8-9,11,15,18H,3,6-7,10,12-13H2,1-2H3,(H,23,28)/t15-,18+,22+/m1/s1. The van der Waals surface area contributed by atoms with Crippen molar-refractivity contribution in [2.24, 2.45) is 5.92 Å². The van der Waals surface area contributed by atoms with Gasteiger partial charge in [-0.1, -0.05) is 30.3 Å². The Bertz CT molecular complexity index is 970. The topological polar surface area (TPSA) is 78.7 Å². The van der Waals surface area contributed by atoms with Gasteiger partial charge in [-0.3, -0.25) is 14.5 Å². The molecule has 0 aliphatic carbocycles. The predicted octanol–water partition coefficient (Wildman–Crippen LogP) is 2.53. The van der Waals surface area contributed by atoms with Crippen LogP contribution in [0, 0.1) is 5.92 Å². The van der Waals surface area contributed by atoms with Crippen molar-refractivity contribution in [1.82, 2.24) is 15.0 Å². The number of amides is 2. The Balaban J connectivity index is 1.50. The number of hydrogen-bond acceptors (Lipinski definition) is 5. The zero-order valence-electron chi connectivity index (χ0n) is 16.9. The maximum Gasteiger partial charge on any atom is 0.250 e. The lowest BCUT2D eigenvalue weighted by Crippen LogP contribution is -2.54. The molecule has 0 radical (unpaired) electrons. The third-order valence-corrected chi connectivity index (χ3v) is 6.81. The van der Waals surface area contributed by atoms with E-state index in [1.807, 2.05) is 37.3 Å². The van der Waals surface area contributed by atoms with Gasteiger partial charge in [-0.2, -0.15) is 0 Å². The summed E-state index contributed by atoms with van der Waals surface area (Å²) in [6, 6.07) is 9.97. The minimum absolute atomic E-state index is 0.0132. The molecule has 0 unspecified atom stereocenters. The van der Waals surface area contributed by atoms with Crippen LogP contribution in [-0.2, 0) is 28.1 Å². The summed E-state index contributed by atoms with van der Waals surface area (Å²) in [5, 5.41) is 7.07. The summed E-state index contributed by atoms with van der Waals surface area (Å²) < 4.78 is 5.37. The van der Waals surface area contributed by atoms with E-state index in [9.17, 15) is 9.59 Å². The van der Waals surface area contributed by atoms with Crippen molar-refractivity contribution in [1.29, 1.82) is 0 Å². The van der Waals surface area contributed by atoms with Gasteiger partial charge in [0.2, 0.25) is 11.8 Å². The fourth-order valence-electron chi connectivity index (χ4n) is 5.54. The van der Waals surface area contributed by atoms with E-state index in [1.165, 1.54) is 0 Å². The molecule has 1 N–H and O–H groups in total. The molecule has 3 aliphatic rings. The van der Waals surface area contributed by atoms with Gasteiger partial charge in [0, 0.05) is 30.4 Å². The van der Waals surface area contributed by atoms with E-state index < -0.39 is 11.5 Å². The second kappa shape index (κ2) is 6.69. The Hall–Kier alpha value is -2.67. The second-order valence-corrected chi connectivity index (χ2v) is 8.38. The number of benzene rings is 1. The lowest BCUT2D eigenvalue weighted by atomic mass is 9.78. The van der Waals surface area contributed by atoms with E-state index in [1.54, 1.807) is 11.9 Å². The predicted molar refractivity (Wildman–Crippen MR) is 107 cm³/mol. The number of para-hydroxylation sites is 1. The first-order valence-electron chi connectivity index (χ1n) is 10.4. The average Bonchev–Trinajstić information content (AvgIpc) is 3.47. The molecule has 29 heavy (non-hydrogen) atoms. The Morgan fingerprint density at radius 2 is 2.24 bits per heavy atom. The number of aryl methyl sites for hydroxylation is 1. The summed E-state index contributed by atoms with van der Waals surface area (Å²) in [6.45, 7) is 3.22. The van der Waals surface area contributed by atoms with Gasteiger partial charge in [0.05, 0.1) is 18.2 Å². The van der Waals surface area contributed by atoms with Gasteiger partial charge >= 0.3 is 0 Å². The van der Waals surface area contributed by atoms with E-state index in [4.69, 9.17) is 4.52 Å². The van der Waals surface area contributed by atoms with E-state index in [0.717, 1.165) is 42.8 Å². The minimum Gasteiger partial charge on any atom is -0.359 e. The zero-order chi connectivity index (χ0) is 20.2. The molecule has 3 atom stereocenters. The van der Waals surface area contributed by atoms with Crippen molar-refractivity contribution in [2.75, 3.05) is 18.9 Å². The molecule has 2 fully saturated rings. The van der Waals surface area contributed by atoms with Crippen LogP contribution < -0.4 is 5.32 Å². The Labute approximate surface area is 170 Å². The van der Waals surface area contributed by atoms with Crippen LogP contribution in [0.1, 0.15) is 43.2 Å². The lowest BCUT2D eigenvalue weighted by molar-refractivity contribution is -0.144. The molecule has 1 spiro atoms. The Kier molecular flexibility index (Phi) is 4.24. The smallest absolute Gasteiger partial charge is 0.250 e. The van der Waals surface area contributed by atoms with Crippen molar-refractivity contribution >= 4 is 17.5 Å². The second-order valence-electron chi connectivity index (χ2n) is 8.38. The quantitative estimate of drug-likeness (QED) is 0.862. The first-order valence-corrected chi connectivity index (χ1v) is 10.4. The van der Waals surface area contributed by atoms with Crippen molar-refractivity contribution in [3.63, 3.8) is 0 Å². The highest BCUT2D eigenvalue weighted by Gasteiger charge is 2.65. The summed E-state index contributed by atoms with van der Waals surface area (Å²) in [5.74, 6) is 0.181. The number of nitrogens with one attached hydrogen (secondary N) is 1. The van der Waals surface area contributed by atoms with Crippen LogP contribution in [0.25, 0.3) is 0 Å². The Morgan fingerprint density at radius 3 is 3.03 bits per heavy atom. The largest absolute Gasteiger partial charge is 0.359 e. The molecule has 2 amide bonds. The molecule has 7 heteroatoms. The molecule has 3 aliphatic heterocycles. The minimum atomic E-state index is -0.904. The molecular weight excluding hydrogens is 368 g/mol. The van der Waals surface area contributed by atoms with Crippen molar-refractivity contribution in [2.45, 2.75) is 50.7 Å². The monoisotopic (exact) mass is 394 g/mol. The normalized spacial score (nSPS) is 27.9. The average molecular weight is 394 g/mol. The summed E-state index contributed by atoms with van der Waals surface area (Å²) in [7, 11) is 1.78. The molecule has 5 rings (SSSR count). The third-order valence-electron chi connectivity index (χ3n) is 6.81. The van der Waals surface area contributed by atoms with Crippen molar-refractivity contribution in [3.05, 3.63) is 47.3 Å². The van der Waals surface area contributed by atoms with Gasteiger partial charge in [-0.25, -0.2) is 0 Å². The number of nitrogens with zero attached hydrogens (tertiary/aromatic N) is 3. The molecular formula is C22H26N4O3. The molecule has 1 aromatic carbocycles. The van der Waals surface area contributed by atoms with Crippen LogP contribution in [0.5, 0.6) is 0 Å². The van der Waals surface area contributed by atoms with Gasteiger partial charge in [-0.15, -0.1) is 0 Å². The lowest BCUT2D eigenvalue weighted by Gasteiger charge is -2.37. The van der Waals surface area contributed by atoms with Crippen LogP contribution in [0.15, 0.2) is 34.9 Å². The number of aromatic nitrogens is 1. The van der Waals surface area contributed by atoms with Gasteiger partial charge in [0.25, 0.3) is 0 Å². The molecule has 1 aromatic heterocycles. The van der Waals surface area contributed by atoms with Gasteiger partial charge in [-0.05, 0) is 38.3 Å². The molecule has 2 saturated heterocycles. The third kappa shape index (κ3) is 2.56. The molecule has 2 aromatic rings. The molecule has 0 bridgehead atoms. The van der Waals surface area contributed by atoms with Crippen LogP contribution in [0.4, 0.5) is 5.69 Å². The number of carbonyl (C=O) groups excluding carboxylic acids is 2. The fourth-order valence-corrected chi connectivity index (χ4v) is 5.54. The van der Waals surface area contributed by atoms with Crippen molar-refractivity contribution < 1.29 is 14.1 Å². The van der Waals surface area contributed by atoms with Gasteiger partial charge < -0.3 is 14.7 Å². The number of anilines is 1. The number of hydrogen-bond donors (Lipinski definition) is 1. The van der Waals surface area contributed by atoms with Crippen LogP contribution in [-0.4, -0.2) is 46.4 Å². The van der Waals surface area contributed by atoms with Gasteiger partial charge in [0.15, 0.2) is 5.76 Å². The highest BCUT2D eigenvalue weighted by atomic mass is 16.5. The van der Waals surface area contributed by atoms with E-state index in [0.29, 0.717) is 18.7 Å². The van der Waals surface area contributed by atoms with Crippen LogP contribution in [0.2, 0.25) is 0 Å². The highest BCUT2D eigenvalue weighted by molar-refractivity contribution is 6.09. The SMILES string of the molecule is CCc1cc(CN(C)C(=O)[C@@H]2C[C@H]3CCCN3[C@]23C(=O)Nc2ccccc23)on1. The van der Waals surface area contributed by atoms with Gasteiger partial charge in [0.1, 0.15) is 5.54 Å². The summed E-state index contributed by atoms with van der Waals surface area (Å²) in [4.78, 5) is 31.0. The summed E-state index contributed by atoms with van der Waals surface area (Å²) >= 11 is 0. The van der Waals surface area contributed by atoms with Crippen LogP contribution in [0.3, 0.4) is 0 Å². The van der Waals surface area contributed by atoms with Crippen molar-refractivity contribution in [3.8, 4) is 0 Å². The molecule has 152 valence electrons. The number of carbonyl (C=O) groups is 2. The van der Waals surface area contributed by atoms with Crippen LogP contribution >= 0.6 is 0 Å². The summed E-state index contributed by atoms with van der Waals surface area (Å²) in [5.41, 5.74) is 1.74. The zero-order valence-corrected chi connectivity index (χ0v) is 16.9. The molecule has 0 saturated carbocycles. The molecule has 7 nitrogen and oxygen atoms in total. The molecule has 4 heterocycles. The van der Waals surface area contributed by atoms with E-state index >= 15 is 0 Å². The van der Waals surface area contributed by atoms with E-state index in [-0.39, 0.29) is 17.9 Å². The van der Waals surface area contributed by atoms with E-state index in [2.05, 4.69) is 15.4 Å². The maximum absolute atomic E-state index is 13.6. The fraction of sp³-hybridized carbons (Fsp3) is 0.500. The summed E-state index contributed by atoms with van der Waals surface area (Å²) in [6.07, 6.45) is 3.60. The Morgan fingerprint density at radius 1 is 1.41 bits per heavy atom. The number of rotatable bonds is 4. The maximum atomic E-state index is 13.6. The first kappa shape index (κ1) is 18.4. The highest BCUT2D eigenvalue weighted by Crippen LogP contribution is 2.55.